The van der Waals surface area contributed by atoms with E-state index in [2.05, 4.69) is 5.16 Å². The van der Waals surface area contributed by atoms with Crippen molar-refractivity contribution in [1.29, 1.82) is 0 Å². The summed E-state index contributed by atoms with van der Waals surface area (Å²) in [5.41, 5.74) is 1.67. The number of rotatable bonds is 6. The van der Waals surface area contributed by atoms with Gasteiger partial charge < -0.3 is 14.4 Å². The van der Waals surface area contributed by atoms with Crippen LogP contribution in [0.5, 0.6) is 5.75 Å². The minimum atomic E-state index is -3.49. The Kier molecular flexibility index (Phi) is 4.62. The van der Waals surface area contributed by atoms with Gasteiger partial charge in [0.2, 0.25) is 10.0 Å². The predicted molar refractivity (Wildman–Crippen MR) is 86.1 cm³/mol. The molecule has 7 nitrogen and oxygen atoms in total. The zero-order valence-electron chi connectivity index (χ0n) is 13.6. The van der Waals surface area contributed by atoms with Gasteiger partial charge in [0.15, 0.2) is 0 Å². The Bertz CT molecular complexity index is 788. The molecule has 0 bridgehead atoms. The van der Waals surface area contributed by atoms with Crippen LogP contribution < -0.4 is 4.74 Å². The summed E-state index contributed by atoms with van der Waals surface area (Å²) < 4.78 is 36.9. The topological polar surface area (TPSA) is 92.9 Å². The molecule has 3 rings (SSSR count). The van der Waals surface area contributed by atoms with Crippen molar-refractivity contribution >= 4 is 10.0 Å². The zero-order valence-corrected chi connectivity index (χ0v) is 14.4. The second kappa shape index (κ2) is 6.54. The molecule has 24 heavy (non-hydrogen) atoms. The van der Waals surface area contributed by atoms with Gasteiger partial charge in [-0.25, -0.2) is 8.42 Å². The average molecular weight is 352 g/mol. The SMILES string of the molecule is Cc1noc(C)c1COc1ccc(S(=O)(=O)N2CC(CO)C2)cc1. The molecule has 0 amide bonds. The number of hydrogen-bond donors (Lipinski definition) is 1. The second-order valence-corrected chi connectivity index (χ2v) is 7.87. The van der Waals surface area contributed by atoms with Crippen LogP contribution in [0.25, 0.3) is 0 Å². The van der Waals surface area contributed by atoms with Crippen LogP contribution in [0.4, 0.5) is 0 Å². The lowest BCUT2D eigenvalue weighted by Crippen LogP contribution is -2.51. The molecule has 1 aliphatic rings. The van der Waals surface area contributed by atoms with Crippen molar-refractivity contribution in [2.75, 3.05) is 19.7 Å². The smallest absolute Gasteiger partial charge is 0.243 e. The van der Waals surface area contributed by atoms with E-state index in [0.717, 1.165) is 11.3 Å². The van der Waals surface area contributed by atoms with Gasteiger partial charge in [-0.1, -0.05) is 5.16 Å². The molecular formula is C16H20N2O5S. The van der Waals surface area contributed by atoms with Crippen LogP contribution >= 0.6 is 0 Å². The standard InChI is InChI=1S/C16H20N2O5S/c1-11-16(12(2)23-17-11)10-22-14-3-5-15(6-4-14)24(20,21)18-7-13(8-18)9-19/h3-6,13,19H,7-10H2,1-2H3. The molecule has 1 N–H and O–H groups in total. The van der Waals surface area contributed by atoms with Crippen LogP contribution in [-0.2, 0) is 16.6 Å². The molecule has 130 valence electrons. The van der Waals surface area contributed by atoms with Gasteiger partial charge in [-0.05, 0) is 38.1 Å². The Morgan fingerprint density at radius 2 is 1.96 bits per heavy atom. The Morgan fingerprint density at radius 1 is 1.29 bits per heavy atom. The summed E-state index contributed by atoms with van der Waals surface area (Å²) in [7, 11) is -3.49. The summed E-state index contributed by atoms with van der Waals surface area (Å²) in [4.78, 5) is 0.226. The van der Waals surface area contributed by atoms with Crippen LogP contribution in [0.3, 0.4) is 0 Å². The fourth-order valence-corrected chi connectivity index (χ4v) is 4.15. The van der Waals surface area contributed by atoms with Crippen molar-refractivity contribution in [2.45, 2.75) is 25.3 Å². The van der Waals surface area contributed by atoms with Crippen LogP contribution in [0.1, 0.15) is 17.0 Å². The van der Waals surface area contributed by atoms with Crippen LogP contribution in [-0.4, -0.2) is 42.7 Å². The van der Waals surface area contributed by atoms with Crippen molar-refractivity contribution in [3.05, 3.63) is 41.3 Å². The Labute approximate surface area is 140 Å². The zero-order chi connectivity index (χ0) is 17.3. The van der Waals surface area contributed by atoms with Gasteiger partial charge >= 0.3 is 0 Å². The van der Waals surface area contributed by atoms with Crippen LogP contribution in [0.2, 0.25) is 0 Å². The van der Waals surface area contributed by atoms with Crippen molar-refractivity contribution in [3.63, 3.8) is 0 Å². The lowest BCUT2D eigenvalue weighted by molar-refractivity contribution is 0.117. The lowest BCUT2D eigenvalue weighted by atomic mass is 10.1. The first-order valence-corrected chi connectivity index (χ1v) is 9.11. The highest BCUT2D eigenvalue weighted by molar-refractivity contribution is 7.89. The summed E-state index contributed by atoms with van der Waals surface area (Å²) in [6.45, 7) is 4.73. The van der Waals surface area contributed by atoms with E-state index < -0.39 is 10.0 Å². The third-order valence-corrected chi connectivity index (χ3v) is 6.05. The quantitative estimate of drug-likeness (QED) is 0.846. The fraction of sp³-hybridized carbons (Fsp3) is 0.438. The van der Waals surface area contributed by atoms with Crippen molar-refractivity contribution < 1.29 is 22.8 Å². The summed E-state index contributed by atoms with van der Waals surface area (Å²) in [6, 6.07) is 6.33. The maximum absolute atomic E-state index is 12.4. The number of aliphatic hydroxyl groups is 1. The lowest BCUT2D eigenvalue weighted by Gasteiger charge is -2.36. The summed E-state index contributed by atoms with van der Waals surface area (Å²) in [6.07, 6.45) is 0. The number of hydrogen-bond acceptors (Lipinski definition) is 6. The first-order valence-electron chi connectivity index (χ1n) is 7.67. The van der Waals surface area contributed by atoms with Crippen molar-refractivity contribution in [1.82, 2.24) is 9.46 Å². The van der Waals surface area contributed by atoms with E-state index in [9.17, 15) is 8.42 Å². The van der Waals surface area contributed by atoms with E-state index in [1.165, 1.54) is 16.4 Å². The predicted octanol–water partition coefficient (Wildman–Crippen LogP) is 1.48. The normalized spacial score (nSPS) is 16.1. The molecule has 0 unspecified atom stereocenters. The molecule has 0 spiro atoms. The Morgan fingerprint density at radius 3 is 2.50 bits per heavy atom. The maximum atomic E-state index is 12.4. The third kappa shape index (κ3) is 3.17. The first-order chi connectivity index (χ1) is 11.4. The number of sulfonamides is 1. The van der Waals surface area contributed by atoms with Crippen LogP contribution in [0.15, 0.2) is 33.7 Å². The molecule has 1 saturated heterocycles. The summed E-state index contributed by atoms with van der Waals surface area (Å²) in [5.74, 6) is 1.33. The molecule has 0 saturated carbocycles. The highest BCUT2D eigenvalue weighted by atomic mass is 32.2. The molecule has 0 radical (unpaired) electrons. The highest BCUT2D eigenvalue weighted by Crippen LogP contribution is 2.26. The minimum absolute atomic E-state index is 0.0144. The maximum Gasteiger partial charge on any atom is 0.243 e. The van der Waals surface area contributed by atoms with Gasteiger partial charge in [0.25, 0.3) is 0 Å². The Hall–Kier alpha value is -1.90. The van der Waals surface area contributed by atoms with Gasteiger partial charge in [0, 0.05) is 25.6 Å². The van der Waals surface area contributed by atoms with E-state index in [-0.39, 0.29) is 17.4 Å². The molecule has 2 heterocycles. The van der Waals surface area contributed by atoms with Crippen LogP contribution in [0, 0.1) is 19.8 Å². The van der Waals surface area contributed by atoms with E-state index in [1.54, 1.807) is 12.1 Å². The number of aliphatic hydroxyl groups excluding tert-OH is 1. The Balaban J connectivity index is 1.65. The number of ether oxygens (including phenoxy) is 1. The highest BCUT2D eigenvalue weighted by Gasteiger charge is 2.36. The molecule has 1 aliphatic heterocycles. The monoisotopic (exact) mass is 352 g/mol. The average Bonchev–Trinajstić information content (AvgIpc) is 2.83. The molecule has 0 atom stereocenters. The number of aromatic nitrogens is 1. The minimum Gasteiger partial charge on any atom is -0.489 e. The van der Waals surface area contributed by atoms with E-state index in [0.29, 0.717) is 31.2 Å². The molecule has 0 aliphatic carbocycles. The second-order valence-electron chi connectivity index (χ2n) is 5.93. The number of nitrogens with zero attached hydrogens (tertiary/aromatic N) is 2. The fourth-order valence-electron chi connectivity index (χ4n) is 2.55. The van der Waals surface area contributed by atoms with E-state index in [4.69, 9.17) is 14.4 Å². The third-order valence-electron chi connectivity index (χ3n) is 4.21. The molecular weight excluding hydrogens is 332 g/mol. The van der Waals surface area contributed by atoms with Gasteiger partial charge in [-0.3, -0.25) is 0 Å². The molecule has 1 aromatic heterocycles. The van der Waals surface area contributed by atoms with E-state index >= 15 is 0 Å². The summed E-state index contributed by atoms with van der Waals surface area (Å²) >= 11 is 0. The van der Waals surface area contributed by atoms with Gasteiger partial charge in [0.1, 0.15) is 18.1 Å². The number of aryl methyl sites for hydroxylation is 2. The van der Waals surface area contributed by atoms with Gasteiger partial charge in [-0.2, -0.15) is 4.31 Å². The van der Waals surface area contributed by atoms with Crippen molar-refractivity contribution in [2.24, 2.45) is 5.92 Å². The molecule has 2 aromatic rings. The molecule has 1 aromatic carbocycles. The number of benzene rings is 1. The molecule has 1 fully saturated rings. The first kappa shape index (κ1) is 16.9. The van der Waals surface area contributed by atoms with Crippen molar-refractivity contribution in [3.8, 4) is 5.75 Å². The van der Waals surface area contributed by atoms with Gasteiger partial charge in [0.05, 0.1) is 16.2 Å². The van der Waals surface area contributed by atoms with E-state index in [1.807, 2.05) is 13.8 Å². The molecule has 8 heteroatoms. The van der Waals surface area contributed by atoms with Gasteiger partial charge in [-0.15, -0.1) is 0 Å². The summed E-state index contributed by atoms with van der Waals surface area (Å²) in [5, 5.41) is 12.9. The largest absolute Gasteiger partial charge is 0.489 e.